The lowest BCUT2D eigenvalue weighted by atomic mass is 10.2. The lowest BCUT2D eigenvalue weighted by Crippen LogP contribution is -2.45. The number of pyridine rings is 1. The number of carbonyl (C=O) groups is 1. The Bertz CT molecular complexity index is 531. The molecule has 0 bridgehead atoms. The van der Waals surface area contributed by atoms with Crippen LogP contribution in [0.1, 0.15) is 12.5 Å². The smallest absolute Gasteiger partial charge is 0.317 e. The molecule has 1 atom stereocenters. The number of rotatable bonds is 6. The molecule has 1 aromatic rings. The van der Waals surface area contributed by atoms with Crippen molar-refractivity contribution in [1.29, 1.82) is 0 Å². The van der Waals surface area contributed by atoms with E-state index >= 15 is 0 Å². The summed E-state index contributed by atoms with van der Waals surface area (Å²) in [6, 6.07) is 3.94. The van der Waals surface area contributed by atoms with E-state index in [0.717, 1.165) is 37.6 Å². The van der Waals surface area contributed by atoms with Crippen molar-refractivity contribution in [2.75, 3.05) is 58.9 Å². The first-order valence-electron chi connectivity index (χ1n) is 8.39. The normalized spacial score (nSPS) is 16.8. The van der Waals surface area contributed by atoms with Crippen LogP contribution < -0.4 is 10.2 Å². The second-order valence-electron chi connectivity index (χ2n) is 6.39. The molecule has 134 valence electrons. The van der Waals surface area contributed by atoms with Crippen LogP contribution in [0.25, 0.3) is 0 Å². The van der Waals surface area contributed by atoms with Crippen LogP contribution in [0.2, 0.25) is 0 Å². The van der Waals surface area contributed by atoms with Gasteiger partial charge in [0.1, 0.15) is 5.82 Å². The summed E-state index contributed by atoms with van der Waals surface area (Å²) in [5, 5.41) is 2.95. The van der Waals surface area contributed by atoms with Crippen LogP contribution in [0.4, 0.5) is 10.6 Å². The van der Waals surface area contributed by atoms with Gasteiger partial charge in [0, 0.05) is 53.1 Å². The number of amides is 2. The topological polar surface area (TPSA) is 60.9 Å². The van der Waals surface area contributed by atoms with Crippen molar-refractivity contribution in [3.63, 3.8) is 0 Å². The fourth-order valence-corrected chi connectivity index (χ4v) is 2.63. The molecule has 2 heterocycles. The standard InChI is InChI=1S/C17H29N5O2/c1-14(13-24-4)21(3)17(23)19-12-15-5-6-18-16(11-15)22-9-7-20(2)8-10-22/h5-6,11,14H,7-10,12-13H2,1-4H3,(H,19,23)/t14-/m1/s1. The molecule has 1 aliphatic rings. The van der Waals surface area contributed by atoms with Crippen molar-refractivity contribution in [3.8, 4) is 0 Å². The van der Waals surface area contributed by atoms with E-state index in [1.165, 1.54) is 0 Å². The van der Waals surface area contributed by atoms with Crippen LogP contribution in [0, 0.1) is 0 Å². The van der Waals surface area contributed by atoms with Crippen LogP contribution in [-0.4, -0.2) is 80.8 Å². The molecule has 1 aliphatic heterocycles. The molecule has 1 aromatic heterocycles. The van der Waals surface area contributed by atoms with Crippen LogP contribution in [-0.2, 0) is 11.3 Å². The lowest BCUT2D eigenvalue weighted by Gasteiger charge is -2.33. The zero-order chi connectivity index (χ0) is 17.5. The predicted molar refractivity (Wildman–Crippen MR) is 95.3 cm³/mol. The number of nitrogens with one attached hydrogen (secondary N) is 1. The fourth-order valence-electron chi connectivity index (χ4n) is 2.63. The molecule has 2 rings (SSSR count). The molecule has 0 aromatic carbocycles. The quantitative estimate of drug-likeness (QED) is 0.841. The Balaban J connectivity index is 1.89. The van der Waals surface area contributed by atoms with Crippen LogP contribution in [0.5, 0.6) is 0 Å². The second kappa shape index (κ2) is 8.84. The number of nitrogens with zero attached hydrogens (tertiary/aromatic N) is 4. The van der Waals surface area contributed by atoms with Gasteiger partial charge in [-0.25, -0.2) is 9.78 Å². The maximum Gasteiger partial charge on any atom is 0.317 e. The molecule has 0 radical (unpaired) electrons. The van der Waals surface area contributed by atoms with E-state index in [-0.39, 0.29) is 12.1 Å². The largest absolute Gasteiger partial charge is 0.383 e. The Morgan fingerprint density at radius 3 is 2.79 bits per heavy atom. The fraction of sp³-hybridized carbons (Fsp3) is 0.647. The highest BCUT2D eigenvalue weighted by atomic mass is 16.5. The first-order valence-corrected chi connectivity index (χ1v) is 8.39. The first-order chi connectivity index (χ1) is 11.5. The van der Waals surface area contributed by atoms with Gasteiger partial charge in [-0.1, -0.05) is 0 Å². The molecule has 1 fully saturated rings. The van der Waals surface area contributed by atoms with Crippen molar-refractivity contribution in [2.24, 2.45) is 0 Å². The Labute approximate surface area is 144 Å². The predicted octanol–water partition coefficient (Wildman–Crippen LogP) is 1.01. The van der Waals surface area contributed by atoms with Crippen LogP contribution >= 0.6 is 0 Å². The number of urea groups is 1. The third-order valence-electron chi connectivity index (χ3n) is 4.47. The molecule has 0 spiro atoms. The average molecular weight is 335 g/mol. The SMILES string of the molecule is COC[C@@H](C)N(C)C(=O)NCc1ccnc(N2CCN(C)CC2)c1. The number of ether oxygens (including phenoxy) is 1. The van der Waals surface area contributed by atoms with Gasteiger partial charge in [-0.05, 0) is 31.7 Å². The van der Waals surface area contributed by atoms with Gasteiger partial charge >= 0.3 is 6.03 Å². The number of piperazine rings is 1. The summed E-state index contributed by atoms with van der Waals surface area (Å²) in [6.45, 7) is 7.03. The van der Waals surface area contributed by atoms with Gasteiger partial charge in [0.2, 0.25) is 0 Å². The summed E-state index contributed by atoms with van der Waals surface area (Å²) in [5.74, 6) is 0.982. The summed E-state index contributed by atoms with van der Waals surface area (Å²) in [6.07, 6.45) is 1.81. The number of aromatic nitrogens is 1. The van der Waals surface area contributed by atoms with E-state index in [4.69, 9.17) is 4.74 Å². The highest BCUT2D eigenvalue weighted by Gasteiger charge is 2.17. The van der Waals surface area contributed by atoms with E-state index in [1.54, 1.807) is 19.1 Å². The van der Waals surface area contributed by atoms with Crippen LogP contribution in [0.15, 0.2) is 18.3 Å². The number of likely N-dealkylation sites (N-methyl/N-ethyl adjacent to an activating group) is 2. The zero-order valence-electron chi connectivity index (χ0n) is 15.2. The van der Waals surface area contributed by atoms with Crippen molar-refractivity contribution in [3.05, 3.63) is 23.9 Å². The number of hydrogen-bond donors (Lipinski definition) is 1. The minimum absolute atomic E-state index is 0.0355. The van der Waals surface area contributed by atoms with Crippen molar-refractivity contribution < 1.29 is 9.53 Å². The molecule has 2 amide bonds. The minimum Gasteiger partial charge on any atom is -0.383 e. The Hall–Kier alpha value is -1.86. The van der Waals surface area contributed by atoms with Gasteiger partial charge < -0.3 is 24.8 Å². The minimum atomic E-state index is -0.0995. The number of anilines is 1. The third-order valence-corrected chi connectivity index (χ3v) is 4.47. The van der Waals surface area contributed by atoms with Gasteiger partial charge in [-0.2, -0.15) is 0 Å². The monoisotopic (exact) mass is 335 g/mol. The van der Waals surface area contributed by atoms with E-state index in [9.17, 15) is 4.79 Å². The second-order valence-corrected chi connectivity index (χ2v) is 6.39. The molecule has 7 nitrogen and oxygen atoms in total. The molecule has 0 aliphatic carbocycles. The molecular weight excluding hydrogens is 306 g/mol. The summed E-state index contributed by atoms with van der Waals surface area (Å²) in [5.41, 5.74) is 1.06. The van der Waals surface area contributed by atoms with E-state index in [2.05, 4.69) is 33.2 Å². The van der Waals surface area contributed by atoms with Crippen molar-refractivity contribution in [1.82, 2.24) is 20.1 Å². The van der Waals surface area contributed by atoms with E-state index in [0.29, 0.717) is 13.2 Å². The Morgan fingerprint density at radius 1 is 1.42 bits per heavy atom. The number of methoxy groups -OCH3 is 1. The molecular formula is C17H29N5O2. The molecule has 24 heavy (non-hydrogen) atoms. The van der Waals surface area contributed by atoms with Gasteiger partial charge in [-0.3, -0.25) is 0 Å². The van der Waals surface area contributed by atoms with Gasteiger partial charge in [-0.15, -0.1) is 0 Å². The highest BCUT2D eigenvalue weighted by molar-refractivity contribution is 5.74. The number of carbonyl (C=O) groups excluding carboxylic acids is 1. The molecule has 7 heteroatoms. The Kier molecular flexibility index (Phi) is 6.81. The molecule has 0 unspecified atom stereocenters. The van der Waals surface area contributed by atoms with Crippen molar-refractivity contribution in [2.45, 2.75) is 19.5 Å². The van der Waals surface area contributed by atoms with Gasteiger partial charge in [0.25, 0.3) is 0 Å². The maximum atomic E-state index is 12.2. The highest BCUT2D eigenvalue weighted by Crippen LogP contribution is 2.14. The Morgan fingerprint density at radius 2 is 2.12 bits per heavy atom. The molecule has 0 saturated carbocycles. The summed E-state index contributed by atoms with van der Waals surface area (Å²) in [4.78, 5) is 22.9. The summed E-state index contributed by atoms with van der Waals surface area (Å²) < 4.78 is 5.09. The van der Waals surface area contributed by atoms with Gasteiger partial charge in [0.15, 0.2) is 0 Å². The van der Waals surface area contributed by atoms with E-state index < -0.39 is 0 Å². The summed E-state index contributed by atoms with van der Waals surface area (Å²) in [7, 11) is 5.55. The molecule has 1 N–H and O–H groups in total. The average Bonchev–Trinajstić information content (AvgIpc) is 2.60. The van der Waals surface area contributed by atoms with Crippen LogP contribution in [0.3, 0.4) is 0 Å². The van der Waals surface area contributed by atoms with E-state index in [1.807, 2.05) is 19.2 Å². The molecule has 1 saturated heterocycles. The van der Waals surface area contributed by atoms with Gasteiger partial charge in [0.05, 0.1) is 12.6 Å². The lowest BCUT2D eigenvalue weighted by molar-refractivity contribution is 0.123. The zero-order valence-corrected chi connectivity index (χ0v) is 15.2. The summed E-state index contributed by atoms with van der Waals surface area (Å²) >= 11 is 0. The third kappa shape index (κ3) is 5.07. The van der Waals surface area contributed by atoms with Crippen molar-refractivity contribution >= 4 is 11.8 Å². The first kappa shape index (κ1) is 18.5. The maximum absolute atomic E-state index is 12.2. The number of hydrogen-bond acceptors (Lipinski definition) is 5.